The number of anilines is 2. The van der Waals surface area contributed by atoms with Gasteiger partial charge in [0.15, 0.2) is 0 Å². The van der Waals surface area contributed by atoms with Crippen molar-refractivity contribution in [3.05, 3.63) is 47.4 Å². The van der Waals surface area contributed by atoms with Gasteiger partial charge in [-0.25, -0.2) is 9.97 Å². The summed E-state index contributed by atoms with van der Waals surface area (Å²) >= 11 is 0. The van der Waals surface area contributed by atoms with Gasteiger partial charge in [0.25, 0.3) is 5.91 Å². The SMILES string of the molecule is CCCN(CCC)C(=O)c1cc(N2CCN(c3cccc(C)c3C)CC2)ncn1. The van der Waals surface area contributed by atoms with Crippen LogP contribution in [0.25, 0.3) is 0 Å². The van der Waals surface area contributed by atoms with Crippen molar-refractivity contribution in [2.75, 3.05) is 49.1 Å². The van der Waals surface area contributed by atoms with Crippen LogP contribution in [-0.4, -0.2) is 60.0 Å². The van der Waals surface area contributed by atoms with Crippen LogP contribution in [0.15, 0.2) is 30.6 Å². The van der Waals surface area contributed by atoms with Gasteiger partial charge in [-0.05, 0) is 43.9 Å². The van der Waals surface area contributed by atoms with Crippen molar-refractivity contribution in [3.8, 4) is 0 Å². The number of hydrogen-bond acceptors (Lipinski definition) is 5. The standard InChI is InChI=1S/C23H33N5O/c1-5-10-28(11-6-2)23(29)20-16-22(25-17-24-20)27-14-12-26(13-15-27)21-9-7-8-18(3)19(21)4/h7-9,16-17H,5-6,10-15H2,1-4H3. The van der Waals surface area contributed by atoms with E-state index in [4.69, 9.17) is 0 Å². The first kappa shape index (κ1) is 21.1. The van der Waals surface area contributed by atoms with E-state index in [1.54, 1.807) is 0 Å². The zero-order valence-electron chi connectivity index (χ0n) is 18.2. The lowest BCUT2D eigenvalue weighted by Crippen LogP contribution is -2.47. The predicted molar refractivity (Wildman–Crippen MR) is 119 cm³/mol. The summed E-state index contributed by atoms with van der Waals surface area (Å²) in [6.45, 7) is 13.7. The van der Waals surface area contributed by atoms with Crippen molar-refractivity contribution in [2.24, 2.45) is 0 Å². The van der Waals surface area contributed by atoms with Crippen molar-refractivity contribution >= 4 is 17.4 Å². The van der Waals surface area contributed by atoms with Gasteiger partial charge in [0.05, 0.1) is 0 Å². The highest BCUT2D eigenvalue weighted by atomic mass is 16.2. The molecule has 0 spiro atoms. The Labute approximate surface area is 174 Å². The van der Waals surface area contributed by atoms with Crippen LogP contribution in [0.5, 0.6) is 0 Å². The summed E-state index contributed by atoms with van der Waals surface area (Å²) in [6.07, 6.45) is 3.42. The predicted octanol–water partition coefficient (Wildman–Crippen LogP) is 3.68. The quantitative estimate of drug-likeness (QED) is 0.716. The molecule has 2 heterocycles. The molecule has 1 aromatic heterocycles. The molecule has 29 heavy (non-hydrogen) atoms. The van der Waals surface area contributed by atoms with Crippen LogP contribution in [0, 0.1) is 13.8 Å². The molecule has 1 amide bonds. The molecule has 1 aromatic carbocycles. The number of hydrogen-bond donors (Lipinski definition) is 0. The molecule has 1 saturated heterocycles. The summed E-state index contributed by atoms with van der Waals surface area (Å²) in [4.78, 5) is 28.2. The molecule has 0 saturated carbocycles. The van der Waals surface area contributed by atoms with Crippen LogP contribution in [0.2, 0.25) is 0 Å². The Morgan fingerprint density at radius 1 is 1.00 bits per heavy atom. The summed E-state index contributed by atoms with van der Waals surface area (Å²) in [5.74, 6) is 0.850. The number of aromatic nitrogens is 2. The van der Waals surface area contributed by atoms with Crippen LogP contribution in [0.3, 0.4) is 0 Å². The summed E-state index contributed by atoms with van der Waals surface area (Å²) < 4.78 is 0. The molecule has 1 aliphatic heterocycles. The van der Waals surface area contributed by atoms with Crippen molar-refractivity contribution in [3.63, 3.8) is 0 Å². The monoisotopic (exact) mass is 395 g/mol. The molecular formula is C23H33N5O. The molecule has 156 valence electrons. The number of carbonyl (C=O) groups is 1. The highest BCUT2D eigenvalue weighted by Crippen LogP contribution is 2.25. The number of amides is 1. The van der Waals surface area contributed by atoms with Crippen molar-refractivity contribution in [1.82, 2.24) is 14.9 Å². The smallest absolute Gasteiger partial charge is 0.272 e. The number of benzene rings is 1. The van der Waals surface area contributed by atoms with Crippen molar-refractivity contribution in [2.45, 2.75) is 40.5 Å². The lowest BCUT2D eigenvalue weighted by Gasteiger charge is -2.37. The average molecular weight is 396 g/mol. The van der Waals surface area contributed by atoms with E-state index in [0.717, 1.165) is 57.9 Å². The molecule has 2 aromatic rings. The molecular weight excluding hydrogens is 362 g/mol. The van der Waals surface area contributed by atoms with E-state index in [9.17, 15) is 4.79 Å². The van der Waals surface area contributed by atoms with Crippen LogP contribution in [-0.2, 0) is 0 Å². The van der Waals surface area contributed by atoms with E-state index in [1.165, 1.54) is 23.1 Å². The Hall–Kier alpha value is -2.63. The zero-order valence-corrected chi connectivity index (χ0v) is 18.2. The molecule has 0 aliphatic carbocycles. The number of aryl methyl sites for hydroxylation is 1. The van der Waals surface area contributed by atoms with Crippen LogP contribution in [0.1, 0.15) is 48.3 Å². The summed E-state index contributed by atoms with van der Waals surface area (Å²) in [6, 6.07) is 8.35. The van der Waals surface area contributed by atoms with Gasteiger partial charge >= 0.3 is 0 Å². The Morgan fingerprint density at radius 3 is 2.31 bits per heavy atom. The van der Waals surface area contributed by atoms with Gasteiger partial charge in [-0.15, -0.1) is 0 Å². The largest absolute Gasteiger partial charge is 0.368 e. The van der Waals surface area contributed by atoms with E-state index in [2.05, 4.69) is 65.7 Å². The van der Waals surface area contributed by atoms with E-state index in [0.29, 0.717) is 5.69 Å². The second kappa shape index (κ2) is 9.72. The summed E-state index contributed by atoms with van der Waals surface area (Å²) in [7, 11) is 0. The molecule has 6 nitrogen and oxygen atoms in total. The maximum absolute atomic E-state index is 12.9. The van der Waals surface area contributed by atoms with Crippen LogP contribution < -0.4 is 9.80 Å². The van der Waals surface area contributed by atoms with E-state index in [1.807, 2.05) is 11.0 Å². The highest BCUT2D eigenvalue weighted by Gasteiger charge is 2.22. The summed E-state index contributed by atoms with van der Waals surface area (Å²) in [5, 5.41) is 0. The molecule has 0 unspecified atom stereocenters. The Bertz CT molecular complexity index is 824. The normalized spacial score (nSPS) is 14.2. The zero-order chi connectivity index (χ0) is 20.8. The number of carbonyl (C=O) groups excluding carboxylic acids is 1. The maximum Gasteiger partial charge on any atom is 0.272 e. The number of nitrogens with zero attached hydrogens (tertiary/aromatic N) is 5. The average Bonchev–Trinajstić information content (AvgIpc) is 2.75. The summed E-state index contributed by atoms with van der Waals surface area (Å²) in [5.41, 5.74) is 4.49. The molecule has 0 bridgehead atoms. The lowest BCUT2D eigenvalue weighted by atomic mass is 10.1. The third-order valence-electron chi connectivity index (χ3n) is 5.67. The minimum Gasteiger partial charge on any atom is -0.368 e. The second-order valence-electron chi connectivity index (χ2n) is 7.75. The van der Waals surface area contributed by atoms with Gasteiger partial charge in [-0.2, -0.15) is 0 Å². The Kier molecular flexibility index (Phi) is 7.07. The van der Waals surface area contributed by atoms with Gasteiger partial charge in [0.2, 0.25) is 0 Å². The van der Waals surface area contributed by atoms with Crippen LogP contribution >= 0.6 is 0 Å². The molecule has 3 rings (SSSR count). The maximum atomic E-state index is 12.9. The van der Waals surface area contributed by atoms with E-state index >= 15 is 0 Å². The molecule has 1 fully saturated rings. The highest BCUT2D eigenvalue weighted by molar-refractivity contribution is 5.93. The number of rotatable bonds is 7. The first-order valence-electron chi connectivity index (χ1n) is 10.7. The molecule has 6 heteroatoms. The van der Waals surface area contributed by atoms with Gasteiger partial charge in [-0.3, -0.25) is 4.79 Å². The topological polar surface area (TPSA) is 52.6 Å². The van der Waals surface area contributed by atoms with Gasteiger partial charge in [0.1, 0.15) is 17.8 Å². The van der Waals surface area contributed by atoms with Crippen LogP contribution in [0.4, 0.5) is 11.5 Å². The minimum absolute atomic E-state index is 0.00590. The van der Waals surface area contributed by atoms with Crippen molar-refractivity contribution in [1.29, 1.82) is 0 Å². The van der Waals surface area contributed by atoms with Gasteiger partial charge < -0.3 is 14.7 Å². The molecule has 1 aliphatic rings. The molecule has 0 atom stereocenters. The van der Waals surface area contributed by atoms with Gasteiger partial charge in [0, 0.05) is 51.0 Å². The first-order valence-corrected chi connectivity index (χ1v) is 10.7. The number of piperazine rings is 1. The fourth-order valence-corrected chi connectivity index (χ4v) is 3.91. The lowest BCUT2D eigenvalue weighted by molar-refractivity contribution is 0.0749. The fraction of sp³-hybridized carbons (Fsp3) is 0.522. The third-order valence-corrected chi connectivity index (χ3v) is 5.67. The van der Waals surface area contributed by atoms with E-state index < -0.39 is 0 Å². The Morgan fingerprint density at radius 2 is 1.66 bits per heavy atom. The molecule has 0 radical (unpaired) electrons. The Balaban J connectivity index is 1.69. The fourth-order valence-electron chi connectivity index (χ4n) is 3.91. The third kappa shape index (κ3) is 4.86. The second-order valence-corrected chi connectivity index (χ2v) is 7.75. The first-order chi connectivity index (χ1) is 14.0. The minimum atomic E-state index is 0.00590. The van der Waals surface area contributed by atoms with Gasteiger partial charge in [-0.1, -0.05) is 26.0 Å². The van der Waals surface area contributed by atoms with E-state index in [-0.39, 0.29) is 5.91 Å². The van der Waals surface area contributed by atoms with Crippen molar-refractivity contribution < 1.29 is 4.79 Å². The molecule has 0 N–H and O–H groups in total.